The predicted molar refractivity (Wildman–Crippen MR) is 120 cm³/mol. The van der Waals surface area contributed by atoms with E-state index in [-0.39, 0.29) is 11.5 Å². The van der Waals surface area contributed by atoms with Crippen molar-refractivity contribution in [3.63, 3.8) is 0 Å². The first-order valence-electron chi connectivity index (χ1n) is 10.1. The quantitative estimate of drug-likeness (QED) is 0.392. The Hall–Kier alpha value is -3.59. The maximum Gasteiger partial charge on any atom is 0.339 e. The van der Waals surface area contributed by atoms with Crippen LogP contribution in [0.2, 0.25) is 0 Å². The van der Waals surface area contributed by atoms with Gasteiger partial charge in [0.15, 0.2) is 6.10 Å². The zero-order valence-corrected chi connectivity index (χ0v) is 18.5. The van der Waals surface area contributed by atoms with E-state index in [2.05, 4.69) is 11.4 Å². The van der Waals surface area contributed by atoms with Crippen LogP contribution in [0.1, 0.15) is 38.8 Å². The molecule has 1 amide bonds. The Morgan fingerprint density at radius 2 is 1.68 bits per heavy atom. The fourth-order valence-corrected chi connectivity index (χ4v) is 2.76. The Balaban J connectivity index is 2.31. The Bertz CT molecular complexity index is 992. The van der Waals surface area contributed by atoms with Crippen molar-refractivity contribution in [2.24, 2.45) is 5.92 Å². The number of benzene rings is 2. The third kappa shape index (κ3) is 5.95. The van der Waals surface area contributed by atoms with Gasteiger partial charge in [-0.3, -0.25) is 4.79 Å². The van der Waals surface area contributed by atoms with Crippen LogP contribution in [0.3, 0.4) is 0 Å². The zero-order chi connectivity index (χ0) is 23.0. The summed E-state index contributed by atoms with van der Waals surface area (Å²) in [4.78, 5) is 25.7. The highest BCUT2D eigenvalue weighted by Gasteiger charge is 2.33. The summed E-state index contributed by atoms with van der Waals surface area (Å²) >= 11 is 0. The number of esters is 1. The molecule has 6 heteroatoms. The minimum Gasteiger partial charge on any atom is -0.496 e. The molecule has 6 nitrogen and oxygen atoms in total. The molecule has 2 aromatic carbocycles. The second-order valence-electron chi connectivity index (χ2n) is 7.67. The first-order chi connectivity index (χ1) is 14.7. The molecule has 1 N–H and O–H groups in total. The summed E-state index contributed by atoms with van der Waals surface area (Å²) in [5, 5.41) is 12.1. The number of hydrogen-bond acceptors (Lipinski definition) is 5. The van der Waals surface area contributed by atoms with Gasteiger partial charge in [0.1, 0.15) is 11.3 Å². The lowest BCUT2D eigenvalue weighted by Gasteiger charge is -2.28. The molecule has 0 unspecified atom stereocenters. The summed E-state index contributed by atoms with van der Waals surface area (Å²) in [6.07, 6.45) is 0.595. The molecule has 2 aromatic rings. The molecule has 0 bridgehead atoms. The first kappa shape index (κ1) is 23.7. The molecule has 162 valence electrons. The lowest BCUT2D eigenvalue weighted by molar-refractivity contribution is -0.150. The molecule has 0 aliphatic carbocycles. The Morgan fingerprint density at radius 3 is 2.26 bits per heavy atom. The summed E-state index contributed by atoms with van der Waals surface area (Å²) in [6.45, 7) is 6.80. The van der Waals surface area contributed by atoms with E-state index in [9.17, 15) is 14.9 Å². The van der Waals surface area contributed by atoms with Gasteiger partial charge >= 0.3 is 5.97 Å². The molecule has 0 fully saturated rings. The van der Waals surface area contributed by atoms with Crippen molar-refractivity contribution in [2.45, 2.75) is 39.3 Å². The summed E-state index contributed by atoms with van der Waals surface area (Å²) < 4.78 is 10.9. The number of hydrogen-bond donors (Lipinski definition) is 1. The van der Waals surface area contributed by atoms with Crippen molar-refractivity contribution in [3.8, 4) is 11.8 Å². The van der Waals surface area contributed by atoms with Crippen molar-refractivity contribution in [3.05, 3.63) is 65.7 Å². The second-order valence-corrected chi connectivity index (χ2v) is 7.67. The zero-order valence-electron chi connectivity index (χ0n) is 18.5. The van der Waals surface area contributed by atoms with Gasteiger partial charge in [0.2, 0.25) is 0 Å². The molecular weight excluding hydrogens is 392 g/mol. The lowest BCUT2D eigenvalue weighted by Crippen LogP contribution is -2.52. The van der Waals surface area contributed by atoms with Crippen molar-refractivity contribution in [1.82, 2.24) is 5.32 Å². The van der Waals surface area contributed by atoms with E-state index in [1.165, 1.54) is 6.92 Å². The van der Waals surface area contributed by atoms with Crippen molar-refractivity contribution in [2.75, 3.05) is 7.11 Å². The number of para-hydroxylation sites is 1. The van der Waals surface area contributed by atoms with E-state index in [0.717, 1.165) is 0 Å². The molecule has 31 heavy (non-hydrogen) atoms. The number of nitriles is 1. The third-order valence-electron chi connectivity index (χ3n) is 5.17. The molecule has 0 aliphatic heterocycles. The average Bonchev–Trinajstić information content (AvgIpc) is 2.77. The highest BCUT2D eigenvalue weighted by Crippen LogP contribution is 2.26. The minimum absolute atomic E-state index is 0.116. The van der Waals surface area contributed by atoms with Crippen LogP contribution in [0, 0.1) is 17.2 Å². The number of methoxy groups -OCH3 is 1. The largest absolute Gasteiger partial charge is 0.496 e. The number of carbonyl (C=O) groups excluding carboxylic acids is 2. The van der Waals surface area contributed by atoms with Crippen LogP contribution in [0.15, 0.2) is 54.6 Å². The monoisotopic (exact) mass is 420 g/mol. The van der Waals surface area contributed by atoms with Crippen LogP contribution < -0.4 is 10.1 Å². The van der Waals surface area contributed by atoms with Gasteiger partial charge in [0.25, 0.3) is 5.91 Å². The van der Waals surface area contributed by atoms with Gasteiger partial charge in [0.05, 0.1) is 18.8 Å². The van der Waals surface area contributed by atoms with Crippen LogP contribution in [-0.2, 0) is 14.3 Å². The van der Waals surface area contributed by atoms with E-state index >= 15 is 0 Å². The Kier molecular flexibility index (Phi) is 7.98. The van der Waals surface area contributed by atoms with E-state index in [1.54, 1.807) is 38.3 Å². The average molecular weight is 421 g/mol. The number of rotatable bonds is 8. The topological polar surface area (TPSA) is 88.4 Å². The van der Waals surface area contributed by atoms with E-state index in [1.807, 2.05) is 50.2 Å². The summed E-state index contributed by atoms with van der Waals surface area (Å²) in [5.74, 6) is -0.690. The van der Waals surface area contributed by atoms with E-state index < -0.39 is 23.5 Å². The summed E-state index contributed by atoms with van der Waals surface area (Å²) in [6, 6.07) is 18.5. The number of amides is 1. The van der Waals surface area contributed by atoms with Crippen molar-refractivity contribution in [1.29, 1.82) is 5.26 Å². The van der Waals surface area contributed by atoms with Crippen LogP contribution in [0.25, 0.3) is 11.6 Å². The van der Waals surface area contributed by atoms with E-state index in [4.69, 9.17) is 9.47 Å². The highest BCUT2D eigenvalue weighted by atomic mass is 16.5. The van der Waals surface area contributed by atoms with Crippen LogP contribution in [0.4, 0.5) is 0 Å². The van der Waals surface area contributed by atoms with Gasteiger partial charge in [-0.15, -0.1) is 0 Å². The van der Waals surface area contributed by atoms with Gasteiger partial charge in [-0.2, -0.15) is 5.26 Å². The van der Waals surface area contributed by atoms with Crippen molar-refractivity contribution >= 4 is 23.5 Å². The van der Waals surface area contributed by atoms with Crippen LogP contribution in [0.5, 0.6) is 5.75 Å². The Morgan fingerprint density at radius 1 is 1.06 bits per heavy atom. The maximum atomic E-state index is 13.1. The SMILES string of the molecule is COc1ccccc1/C=C(/C(=O)O[C@@H](C)C(=O)N[C@@](C)(C#N)C(C)C)c1ccccc1. The molecule has 2 atom stereocenters. The van der Waals surface area contributed by atoms with Gasteiger partial charge in [0, 0.05) is 5.56 Å². The predicted octanol–water partition coefficient (Wildman–Crippen LogP) is 4.22. The fraction of sp³-hybridized carbons (Fsp3) is 0.320. The third-order valence-corrected chi connectivity index (χ3v) is 5.17. The lowest BCUT2D eigenvalue weighted by atomic mass is 9.90. The summed E-state index contributed by atoms with van der Waals surface area (Å²) in [5.41, 5.74) is 0.578. The highest BCUT2D eigenvalue weighted by molar-refractivity contribution is 6.22. The molecule has 0 aliphatic rings. The second kappa shape index (κ2) is 10.4. The van der Waals surface area contributed by atoms with E-state index in [0.29, 0.717) is 16.9 Å². The Labute approximate surface area is 183 Å². The fourth-order valence-electron chi connectivity index (χ4n) is 2.76. The number of ether oxygens (including phenoxy) is 2. The van der Waals surface area contributed by atoms with Crippen molar-refractivity contribution < 1.29 is 19.1 Å². The van der Waals surface area contributed by atoms with Gasteiger partial charge in [-0.25, -0.2) is 4.79 Å². The molecular formula is C25H28N2O4. The van der Waals surface area contributed by atoms with Gasteiger partial charge in [-0.1, -0.05) is 62.4 Å². The number of nitrogens with one attached hydrogen (secondary N) is 1. The number of carbonyl (C=O) groups is 2. The number of nitrogens with zero attached hydrogens (tertiary/aromatic N) is 1. The maximum absolute atomic E-state index is 13.1. The molecule has 0 heterocycles. The van der Waals surface area contributed by atoms with Gasteiger partial charge in [-0.05, 0) is 37.5 Å². The molecule has 0 radical (unpaired) electrons. The molecule has 0 saturated heterocycles. The first-order valence-corrected chi connectivity index (χ1v) is 10.1. The molecule has 0 saturated carbocycles. The smallest absolute Gasteiger partial charge is 0.339 e. The normalized spacial score (nSPS) is 14.2. The molecule has 2 rings (SSSR count). The van der Waals surface area contributed by atoms with Gasteiger partial charge < -0.3 is 14.8 Å². The standard InChI is InChI=1S/C25H28N2O4/c1-17(2)25(4,16-26)27-23(28)18(3)31-24(29)21(19-11-7-6-8-12-19)15-20-13-9-10-14-22(20)30-5/h6-15,17-18H,1-5H3,(H,27,28)/b21-15+/t18-,25-/m0/s1. The minimum atomic E-state index is -1.08. The van der Waals surface area contributed by atoms with Crippen LogP contribution >= 0.6 is 0 Å². The molecule has 0 aromatic heterocycles. The van der Waals surface area contributed by atoms with Crippen LogP contribution in [-0.4, -0.2) is 30.6 Å². The molecule has 0 spiro atoms. The summed E-state index contributed by atoms with van der Waals surface area (Å²) in [7, 11) is 1.56.